The van der Waals surface area contributed by atoms with Crippen molar-refractivity contribution in [3.8, 4) is 5.75 Å². The Kier molecular flexibility index (Phi) is 5.03. The number of nitrogens with zero attached hydrogens (tertiary/aromatic N) is 1. The summed E-state index contributed by atoms with van der Waals surface area (Å²) in [6.07, 6.45) is 0.772. The van der Waals surface area contributed by atoms with Gasteiger partial charge in [-0.05, 0) is 44.0 Å². The van der Waals surface area contributed by atoms with Crippen LogP contribution in [0.5, 0.6) is 5.75 Å². The highest BCUT2D eigenvalue weighted by Gasteiger charge is 2.28. The summed E-state index contributed by atoms with van der Waals surface area (Å²) >= 11 is 0. The van der Waals surface area contributed by atoms with Gasteiger partial charge < -0.3 is 19.5 Å². The van der Waals surface area contributed by atoms with Gasteiger partial charge in [0.25, 0.3) is 0 Å². The molecule has 0 saturated carbocycles. The molecule has 0 spiro atoms. The molecule has 0 radical (unpaired) electrons. The van der Waals surface area contributed by atoms with Crippen molar-refractivity contribution in [2.24, 2.45) is 0 Å². The van der Waals surface area contributed by atoms with E-state index in [9.17, 15) is 9.59 Å². The third-order valence-corrected chi connectivity index (χ3v) is 3.43. The van der Waals surface area contributed by atoms with E-state index in [1.807, 2.05) is 0 Å². The Balaban J connectivity index is 1.89. The second kappa shape index (κ2) is 6.97. The first-order valence-electron chi connectivity index (χ1n) is 7.01. The minimum Gasteiger partial charge on any atom is -0.491 e. The summed E-state index contributed by atoms with van der Waals surface area (Å²) in [5.74, 6) is 0.247. The Morgan fingerprint density at radius 2 is 2.05 bits per heavy atom. The lowest BCUT2D eigenvalue weighted by molar-refractivity contribution is 0.0526. The highest BCUT2D eigenvalue weighted by Crippen LogP contribution is 2.19. The molecule has 6 heteroatoms. The van der Waals surface area contributed by atoms with Gasteiger partial charge in [-0.3, -0.25) is 0 Å². The van der Waals surface area contributed by atoms with Gasteiger partial charge in [0, 0.05) is 6.54 Å². The van der Waals surface area contributed by atoms with Gasteiger partial charge in [-0.2, -0.15) is 0 Å². The smallest absolute Gasteiger partial charge is 0.407 e. The van der Waals surface area contributed by atoms with Crippen LogP contribution in [0.15, 0.2) is 24.3 Å². The van der Waals surface area contributed by atoms with E-state index in [2.05, 4.69) is 0 Å². The monoisotopic (exact) mass is 293 g/mol. The predicted molar refractivity (Wildman–Crippen MR) is 75.6 cm³/mol. The van der Waals surface area contributed by atoms with Gasteiger partial charge in [0.1, 0.15) is 12.4 Å². The van der Waals surface area contributed by atoms with Gasteiger partial charge in [-0.15, -0.1) is 0 Å². The number of carbonyl (C=O) groups is 2. The Morgan fingerprint density at radius 1 is 1.33 bits per heavy atom. The summed E-state index contributed by atoms with van der Waals surface area (Å²) in [5, 5.41) is 9.05. The van der Waals surface area contributed by atoms with E-state index in [0.29, 0.717) is 31.1 Å². The molecule has 1 aliphatic rings. The molecule has 1 saturated heterocycles. The molecule has 0 aliphatic carbocycles. The molecule has 1 heterocycles. The van der Waals surface area contributed by atoms with Crippen molar-refractivity contribution in [2.45, 2.75) is 25.8 Å². The molecule has 2 rings (SSSR count). The average Bonchev–Trinajstić information content (AvgIpc) is 2.94. The zero-order valence-corrected chi connectivity index (χ0v) is 11.9. The number of esters is 1. The van der Waals surface area contributed by atoms with Gasteiger partial charge in [0.15, 0.2) is 0 Å². The quantitative estimate of drug-likeness (QED) is 0.843. The Labute approximate surface area is 123 Å². The highest BCUT2D eigenvalue weighted by atomic mass is 16.5. The number of hydrogen-bond acceptors (Lipinski definition) is 4. The molecule has 1 amide bonds. The van der Waals surface area contributed by atoms with Crippen LogP contribution >= 0.6 is 0 Å². The van der Waals surface area contributed by atoms with Crippen LogP contribution in [-0.2, 0) is 4.74 Å². The Bertz CT molecular complexity index is 499. The number of benzene rings is 1. The third-order valence-electron chi connectivity index (χ3n) is 3.43. The summed E-state index contributed by atoms with van der Waals surface area (Å²) in [6.45, 7) is 2.98. The first-order valence-corrected chi connectivity index (χ1v) is 7.01. The summed E-state index contributed by atoms with van der Waals surface area (Å²) in [6, 6.07) is 6.54. The molecular formula is C15H19NO5. The van der Waals surface area contributed by atoms with Crippen molar-refractivity contribution in [1.82, 2.24) is 4.90 Å². The summed E-state index contributed by atoms with van der Waals surface area (Å²) in [5.41, 5.74) is 0.470. The molecule has 1 aromatic carbocycles. The van der Waals surface area contributed by atoms with Crippen molar-refractivity contribution in [2.75, 3.05) is 19.8 Å². The van der Waals surface area contributed by atoms with Crippen LogP contribution < -0.4 is 4.74 Å². The minimum atomic E-state index is -0.904. The van der Waals surface area contributed by atoms with Gasteiger partial charge in [-0.25, -0.2) is 9.59 Å². The predicted octanol–water partition coefficient (Wildman–Crippen LogP) is 2.38. The summed E-state index contributed by atoms with van der Waals surface area (Å²) in [7, 11) is 0. The van der Waals surface area contributed by atoms with E-state index in [0.717, 1.165) is 12.8 Å². The standard InChI is InChI=1S/C15H19NO5/c1-2-20-14(17)11-5-7-13(8-6-11)21-10-12-4-3-9-16(12)15(18)19/h5-8,12H,2-4,9-10H2,1H3,(H,18,19)/t12-/m0/s1. The molecule has 1 aliphatic heterocycles. The van der Waals surface area contributed by atoms with Crippen molar-refractivity contribution in [3.63, 3.8) is 0 Å². The molecule has 1 fully saturated rings. The molecule has 0 aromatic heterocycles. The molecule has 21 heavy (non-hydrogen) atoms. The first-order chi connectivity index (χ1) is 10.1. The minimum absolute atomic E-state index is 0.104. The largest absolute Gasteiger partial charge is 0.491 e. The second-order valence-corrected chi connectivity index (χ2v) is 4.83. The topological polar surface area (TPSA) is 76.1 Å². The molecule has 6 nitrogen and oxygen atoms in total. The fraction of sp³-hybridized carbons (Fsp3) is 0.467. The second-order valence-electron chi connectivity index (χ2n) is 4.83. The number of carboxylic acid groups (broad SMARTS) is 1. The lowest BCUT2D eigenvalue weighted by Crippen LogP contribution is -2.37. The van der Waals surface area contributed by atoms with Crippen LogP contribution in [0.25, 0.3) is 0 Å². The van der Waals surface area contributed by atoms with E-state index in [1.54, 1.807) is 31.2 Å². The number of amides is 1. The van der Waals surface area contributed by atoms with E-state index in [-0.39, 0.29) is 12.0 Å². The Hall–Kier alpha value is -2.24. The maximum absolute atomic E-state index is 11.5. The number of rotatable bonds is 5. The number of hydrogen-bond donors (Lipinski definition) is 1. The summed E-state index contributed by atoms with van der Waals surface area (Å²) in [4.78, 5) is 23.9. The number of ether oxygens (including phenoxy) is 2. The molecule has 1 atom stereocenters. The van der Waals surface area contributed by atoms with Crippen LogP contribution in [0.3, 0.4) is 0 Å². The van der Waals surface area contributed by atoms with Crippen molar-refractivity contribution in [3.05, 3.63) is 29.8 Å². The van der Waals surface area contributed by atoms with Crippen LogP contribution in [0.2, 0.25) is 0 Å². The van der Waals surface area contributed by atoms with Crippen LogP contribution in [0.4, 0.5) is 4.79 Å². The number of likely N-dealkylation sites (tertiary alicyclic amines) is 1. The van der Waals surface area contributed by atoms with Gasteiger partial charge >= 0.3 is 12.1 Å². The van der Waals surface area contributed by atoms with Crippen LogP contribution in [0, 0.1) is 0 Å². The number of carbonyl (C=O) groups excluding carboxylic acids is 1. The Morgan fingerprint density at radius 3 is 2.67 bits per heavy atom. The van der Waals surface area contributed by atoms with Crippen LogP contribution in [0.1, 0.15) is 30.1 Å². The lowest BCUT2D eigenvalue weighted by Gasteiger charge is -2.21. The zero-order chi connectivity index (χ0) is 15.2. The van der Waals surface area contributed by atoms with Gasteiger partial charge in [0.2, 0.25) is 0 Å². The van der Waals surface area contributed by atoms with Crippen molar-refractivity contribution in [1.29, 1.82) is 0 Å². The van der Waals surface area contributed by atoms with Gasteiger partial charge in [-0.1, -0.05) is 0 Å². The highest BCUT2D eigenvalue weighted by molar-refractivity contribution is 5.89. The molecular weight excluding hydrogens is 274 g/mol. The maximum Gasteiger partial charge on any atom is 0.407 e. The van der Waals surface area contributed by atoms with E-state index in [1.165, 1.54) is 4.90 Å². The zero-order valence-electron chi connectivity index (χ0n) is 11.9. The first kappa shape index (κ1) is 15.2. The molecule has 114 valence electrons. The summed E-state index contributed by atoms with van der Waals surface area (Å²) < 4.78 is 10.5. The van der Waals surface area contributed by atoms with E-state index >= 15 is 0 Å². The van der Waals surface area contributed by atoms with E-state index in [4.69, 9.17) is 14.6 Å². The van der Waals surface area contributed by atoms with Crippen molar-refractivity contribution >= 4 is 12.1 Å². The fourth-order valence-corrected chi connectivity index (χ4v) is 2.35. The van der Waals surface area contributed by atoms with E-state index < -0.39 is 6.09 Å². The van der Waals surface area contributed by atoms with Crippen molar-refractivity contribution < 1.29 is 24.2 Å². The normalized spacial score (nSPS) is 17.6. The average molecular weight is 293 g/mol. The van der Waals surface area contributed by atoms with Gasteiger partial charge in [0.05, 0.1) is 18.2 Å². The SMILES string of the molecule is CCOC(=O)c1ccc(OC[C@@H]2CCCN2C(=O)O)cc1. The third kappa shape index (κ3) is 3.87. The maximum atomic E-state index is 11.5. The molecule has 1 N–H and O–H groups in total. The molecule has 0 bridgehead atoms. The lowest BCUT2D eigenvalue weighted by atomic mass is 10.2. The molecule has 1 aromatic rings. The molecule has 0 unspecified atom stereocenters. The fourth-order valence-electron chi connectivity index (χ4n) is 2.35. The van der Waals surface area contributed by atoms with Crippen LogP contribution in [-0.4, -0.2) is 47.9 Å².